The molecule has 1 aromatic carbocycles. The molecule has 162 valence electrons. The van der Waals surface area contributed by atoms with E-state index in [0.29, 0.717) is 22.6 Å². The number of alkyl carbamates (subject to hydrolysis) is 1. The summed E-state index contributed by atoms with van der Waals surface area (Å²) in [6.07, 6.45) is 2.19. The molecule has 2 N–H and O–H groups in total. The topological polar surface area (TPSA) is 106 Å². The zero-order valence-electron chi connectivity index (χ0n) is 16.9. The maximum Gasteiger partial charge on any atom is 0.407 e. The molecule has 0 radical (unpaired) electrons. The van der Waals surface area contributed by atoms with Gasteiger partial charge in [0.2, 0.25) is 0 Å². The van der Waals surface area contributed by atoms with E-state index in [1.54, 1.807) is 12.1 Å². The first-order valence-corrected chi connectivity index (χ1v) is 9.82. The first-order chi connectivity index (χ1) is 15.5. The number of nitrogens with zero attached hydrogens (tertiary/aromatic N) is 3. The van der Waals surface area contributed by atoms with Crippen molar-refractivity contribution in [1.29, 1.82) is 0 Å². The number of ether oxygens (including phenoxy) is 1. The summed E-state index contributed by atoms with van der Waals surface area (Å²) < 4.78 is 20.5. The number of pyridine rings is 2. The third kappa shape index (κ3) is 4.56. The zero-order valence-corrected chi connectivity index (χ0v) is 16.9. The van der Waals surface area contributed by atoms with Crippen LogP contribution in [0.3, 0.4) is 0 Å². The second kappa shape index (κ2) is 9.25. The number of rotatable bonds is 7. The van der Waals surface area contributed by atoms with Crippen LogP contribution in [0.15, 0.2) is 67.0 Å². The van der Waals surface area contributed by atoms with Crippen molar-refractivity contribution >= 4 is 17.7 Å². The summed E-state index contributed by atoms with van der Waals surface area (Å²) in [6, 6.07) is 15.2. The lowest BCUT2D eigenvalue weighted by Crippen LogP contribution is -2.26. The fourth-order valence-corrected chi connectivity index (χ4v) is 3.38. The summed E-state index contributed by atoms with van der Waals surface area (Å²) >= 11 is 0. The Hall–Kier alpha value is -4.27. The highest BCUT2D eigenvalue weighted by Gasteiger charge is 2.20. The first kappa shape index (κ1) is 21.0. The fraction of sp³-hybridized carbons (Fsp3) is 0.130. The van der Waals surface area contributed by atoms with Gasteiger partial charge < -0.3 is 15.2 Å². The smallest absolute Gasteiger partial charge is 0.407 e. The van der Waals surface area contributed by atoms with Crippen LogP contribution < -0.4 is 5.32 Å². The zero-order chi connectivity index (χ0) is 22.5. The fourth-order valence-electron chi connectivity index (χ4n) is 3.38. The van der Waals surface area contributed by atoms with Gasteiger partial charge in [0.25, 0.3) is 0 Å². The van der Waals surface area contributed by atoms with E-state index in [-0.39, 0.29) is 25.3 Å². The van der Waals surface area contributed by atoms with Crippen LogP contribution in [0.5, 0.6) is 0 Å². The van der Waals surface area contributed by atoms with Crippen molar-refractivity contribution in [2.24, 2.45) is 0 Å². The molecule has 3 aromatic heterocycles. The van der Waals surface area contributed by atoms with Gasteiger partial charge in [-0.25, -0.2) is 19.0 Å². The van der Waals surface area contributed by atoms with E-state index in [1.165, 1.54) is 22.7 Å². The summed E-state index contributed by atoms with van der Waals surface area (Å²) in [5.41, 5.74) is 2.53. The van der Waals surface area contributed by atoms with Crippen molar-refractivity contribution in [1.82, 2.24) is 19.7 Å². The number of carbonyl (C=O) groups excluding carboxylic acids is 1. The number of halogens is 1. The normalized spacial score (nSPS) is 10.8. The van der Waals surface area contributed by atoms with Gasteiger partial charge in [0.15, 0.2) is 0 Å². The van der Waals surface area contributed by atoms with E-state index >= 15 is 0 Å². The number of fused-ring (bicyclic) bond motifs is 1. The quantitative estimate of drug-likeness (QED) is 0.459. The Morgan fingerprint density at radius 1 is 1.09 bits per heavy atom. The summed E-state index contributed by atoms with van der Waals surface area (Å²) in [7, 11) is 0. The van der Waals surface area contributed by atoms with Gasteiger partial charge >= 0.3 is 12.1 Å². The van der Waals surface area contributed by atoms with Crippen LogP contribution in [0.25, 0.3) is 16.9 Å². The molecule has 0 aliphatic carbocycles. The molecular formula is C23H19FN4O4. The molecule has 0 aliphatic rings. The average molecular weight is 434 g/mol. The molecule has 8 nitrogen and oxygen atoms in total. The second-order valence-corrected chi connectivity index (χ2v) is 6.95. The van der Waals surface area contributed by atoms with Gasteiger partial charge in [-0.1, -0.05) is 36.4 Å². The van der Waals surface area contributed by atoms with Gasteiger partial charge in [-0.3, -0.25) is 9.38 Å². The maximum atomic E-state index is 13.9. The second-order valence-electron chi connectivity index (χ2n) is 6.95. The predicted octanol–water partition coefficient (Wildman–Crippen LogP) is 3.70. The van der Waals surface area contributed by atoms with Crippen molar-refractivity contribution in [3.63, 3.8) is 0 Å². The molecule has 0 atom stereocenters. The minimum Gasteiger partial charge on any atom is -0.477 e. The lowest BCUT2D eigenvalue weighted by molar-refractivity contribution is 0.0689. The van der Waals surface area contributed by atoms with E-state index < -0.39 is 17.9 Å². The highest BCUT2D eigenvalue weighted by Crippen LogP contribution is 2.27. The first-order valence-electron chi connectivity index (χ1n) is 9.82. The Labute approximate surface area is 182 Å². The molecule has 0 saturated heterocycles. The number of aromatic carboxylic acids is 1. The van der Waals surface area contributed by atoms with Crippen LogP contribution in [-0.4, -0.2) is 38.1 Å². The highest BCUT2D eigenvalue weighted by molar-refractivity contribution is 5.88. The number of carboxylic acid groups (broad SMARTS) is 1. The van der Waals surface area contributed by atoms with E-state index in [2.05, 4.69) is 15.3 Å². The third-order valence-corrected chi connectivity index (χ3v) is 4.76. The molecule has 1 amide bonds. The molecule has 0 fully saturated rings. The number of carboxylic acids is 1. The van der Waals surface area contributed by atoms with Crippen LogP contribution in [0, 0.1) is 5.82 Å². The van der Waals surface area contributed by atoms with Crippen molar-refractivity contribution in [2.45, 2.75) is 13.0 Å². The van der Waals surface area contributed by atoms with E-state index in [0.717, 1.165) is 11.8 Å². The number of aromatic nitrogens is 3. The van der Waals surface area contributed by atoms with Crippen LogP contribution in [0.4, 0.5) is 9.18 Å². The molecule has 0 spiro atoms. The Balaban J connectivity index is 1.56. The molecule has 4 aromatic rings. The lowest BCUT2D eigenvalue weighted by Gasteiger charge is -2.09. The number of hydrogen-bond donors (Lipinski definition) is 2. The van der Waals surface area contributed by atoms with Crippen LogP contribution in [0.2, 0.25) is 0 Å². The minimum absolute atomic E-state index is 0.0178. The maximum absolute atomic E-state index is 13.9. The largest absolute Gasteiger partial charge is 0.477 e. The molecule has 3 heterocycles. The predicted molar refractivity (Wildman–Crippen MR) is 114 cm³/mol. The molecule has 0 unspecified atom stereocenters. The van der Waals surface area contributed by atoms with E-state index in [4.69, 9.17) is 4.74 Å². The SMILES string of the molecule is O=C(NCCc1nc2cccc(C(=O)O)n2c1-c1cncc(F)c1)OCc1ccccc1. The summed E-state index contributed by atoms with van der Waals surface area (Å²) in [5.74, 6) is -1.70. The monoisotopic (exact) mass is 434 g/mol. The highest BCUT2D eigenvalue weighted by atomic mass is 19.1. The Morgan fingerprint density at radius 2 is 1.91 bits per heavy atom. The Kier molecular flexibility index (Phi) is 6.07. The van der Waals surface area contributed by atoms with Gasteiger partial charge in [-0.05, 0) is 23.8 Å². The number of amides is 1. The van der Waals surface area contributed by atoms with E-state index in [9.17, 15) is 19.1 Å². The minimum atomic E-state index is -1.15. The summed E-state index contributed by atoms with van der Waals surface area (Å²) in [4.78, 5) is 32.2. The standard InChI is InChI=1S/C23H19FN4O4/c24-17-11-16(12-25-13-17)21-18(27-20-8-4-7-19(22(29)30)28(20)21)9-10-26-23(31)32-14-15-5-2-1-3-6-15/h1-8,11-13H,9-10,14H2,(H,26,31)(H,29,30). The van der Waals surface area contributed by atoms with Crippen molar-refractivity contribution < 1.29 is 23.8 Å². The molecule has 0 aliphatic heterocycles. The number of imidazole rings is 1. The number of carbonyl (C=O) groups is 2. The molecule has 0 saturated carbocycles. The molecule has 4 rings (SSSR count). The van der Waals surface area contributed by atoms with Crippen molar-refractivity contribution in [2.75, 3.05) is 6.54 Å². The number of benzene rings is 1. The van der Waals surface area contributed by atoms with Gasteiger partial charge in [-0.2, -0.15) is 0 Å². The van der Waals surface area contributed by atoms with Gasteiger partial charge in [0.05, 0.1) is 17.6 Å². The van der Waals surface area contributed by atoms with Crippen molar-refractivity contribution in [3.05, 3.63) is 89.8 Å². The van der Waals surface area contributed by atoms with E-state index in [1.807, 2.05) is 30.3 Å². The molecule has 0 bridgehead atoms. The van der Waals surface area contributed by atoms with Crippen molar-refractivity contribution in [3.8, 4) is 11.3 Å². The molecule has 32 heavy (non-hydrogen) atoms. The lowest BCUT2D eigenvalue weighted by atomic mass is 10.1. The van der Waals surface area contributed by atoms with Crippen LogP contribution >= 0.6 is 0 Å². The molecular weight excluding hydrogens is 415 g/mol. The Morgan fingerprint density at radius 3 is 2.66 bits per heavy atom. The number of nitrogens with one attached hydrogen (secondary N) is 1. The van der Waals surface area contributed by atoms with Crippen LogP contribution in [-0.2, 0) is 17.8 Å². The summed E-state index contributed by atoms with van der Waals surface area (Å²) in [5, 5.41) is 12.3. The van der Waals surface area contributed by atoms with Crippen LogP contribution in [0.1, 0.15) is 21.7 Å². The Bertz CT molecular complexity index is 1270. The summed E-state index contributed by atoms with van der Waals surface area (Å²) in [6.45, 7) is 0.332. The average Bonchev–Trinajstić information content (AvgIpc) is 3.16. The number of hydrogen-bond acceptors (Lipinski definition) is 5. The van der Waals surface area contributed by atoms with Gasteiger partial charge in [0.1, 0.15) is 23.8 Å². The molecule has 9 heteroatoms. The van der Waals surface area contributed by atoms with Gasteiger partial charge in [0, 0.05) is 24.7 Å². The van der Waals surface area contributed by atoms with Gasteiger partial charge in [-0.15, -0.1) is 0 Å². The third-order valence-electron chi connectivity index (χ3n) is 4.76.